The summed E-state index contributed by atoms with van der Waals surface area (Å²) in [6, 6.07) is 65.9. The van der Waals surface area contributed by atoms with Gasteiger partial charge in [-0.1, -0.05) is 133 Å². The van der Waals surface area contributed by atoms with Gasteiger partial charge in [0.1, 0.15) is 11.2 Å². The van der Waals surface area contributed by atoms with Gasteiger partial charge in [-0.3, -0.25) is 15.0 Å². The van der Waals surface area contributed by atoms with Crippen LogP contribution in [0.2, 0.25) is 0 Å². The summed E-state index contributed by atoms with van der Waals surface area (Å²) in [6.07, 6.45) is 3.79. The highest BCUT2D eigenvalue weighted by atomic mass is 16.3. The second kappa shape index (κ2) is 13.8. The zero-order chi connectivity index (χ0) is 38.4. The first-order valence-corrected chi connectivity index (χ1v) is 19.4. The topological polar surface area (TPSA) is 51.8 Å². The van der Waals surface area contributed by atoms with E-state index in [2.05, 4.69) is 190 Å². The van der Waals surface area contributed by atoms with Crippen molar-refractivity contribution in [2.24, 2.45) is 0 Å². The molecule has 0 amide bonds. The van der Waals surface area contributed by atoms with Crippen LogP contribution in [0.1, 0.15) is 47.6 Å². The maximum Gasteiger partial charge on any atom is 0.144 e. The lowest BCUT2D eigenvalue weighted by Gasteiger charge is -2.31. The number of furan rings is 1. The summed E-state index contributed by atoms with van der Waals surface area (Å²) >= 11 is 0. The first kappa shape index (κ1) is 34.3. The summed E-state index contributed by atoms with van der Waals surface area (Å²) in [5.41, 5.74) is 10.5. The predicted octanol–water partition coefficient (Wildman–Crippen LogP) is 13.0. The van der Waals surface area contributed by atoms with E-state index in [0.29, 0.717) is 0 Å². The number of aromatic nitrogens is 3. The highest BCUT2D eigenvalue weighted by Gasteiger charge is 2.36. The Kier molecular flexibility index (Phi) is 8.34. The van der Waals surface area contributed by atoms with Crippen LogP contribution < -0.4 is 0 Å². The van der Waals surface area contributed by atoms with Gasteiger partial charge in [0.15, 0.2) is 0 Å². The Bertz CT molecular complexity index is 2990. The summed E-state index contributed by atoms with van der Waals surface area (Å²) in [4.78, 5) is 15.6. The molecule has 10 rings (SSSR count). The smallest absolute Gasteiger partial charge is 0.144 e. The standard InChI is InChI=1S/C53H39N3O/c1-52(39-20-8-4-9-21-39,47-26-14-15-31-54-47)41-34-44-43-29-28-37-19-12-13-24-42(37)50(43)57-51(44)45(35-41)46-25-16-27-48(56-46)53(2,40-22-10-5-11-23-40)49-33-38(30-32-55-49)36-17-6-3-7-18-36/h3-35H,1-2H3. The van der Waals surface area contributed by atoms with E-state index in [1.54, 1.807) is 0 Å². The van der Waals surface area contributed by atoms with Crippen LogP contribution in [0.15, 0.2) is 205 Å². The molecule has 0 spiro atoms. The van der Waals surface area contributed by atoms with Crippen molar-refractivity contribution in [3.63, 3.8) is 0 Å². The van der Waals surface area contributed by atoms with Crippen LogP contribution in [-0.4, -0.2) is 15.0 Å². The molecule has 0 N–H and O–H groups in total. The molecular formula is C53H39N3O. The largest absolute Gasteiger partial charge is 0.455 e. The molecule has 57 heavy (non-hydrogen) atoms. The molecule has 2 atom stereocenters. The lowest BCUT2D eigenvalue weighted by Crippen LogP contribution is -2.28. The van der Waals surface area contributed by atoms with Crippen molar-refractivity contribution in [2.75, 3.05) is 0 Å². The number of hydrogen-bond donors (Lipinski definition) is 0. The molecule has 0 saturated carbocycles. The average Bonchev–Trinajstić information content (AvgIpc) is 3.69. The van der Waals surface area contributed by atoms with Gasteiger partial charge < -0.3 is 4.42 Å². The monoisotopic (exact) mass is 733 g/mol. The predicted molar refractivity (Wildman–Crippen MR) is 232 cm³/mol. The molecule has 0 aliphatic heterocycles. The van der Waals surface area contributed by atoms with Gasteiger partial charge in [-0.15, -0.1) is 0 Å². The highest BCUT2D eigenvalue weighted by Crippen LogP contribution is 2.46. The van der Waals surface area contributed by atoms with Crippen molar-refractivity contribution in [1.82, 2.24) is 15.0 Å². The fraction of sp³-hybridized carbons (Fsp3) is 0.0755. The minimum atomic E-state index is -0.685. The van der Waals surface area contributed by atoms with Crippen molar-refractivity contribution in [3.05, 3.63) is 234 Å². The molecule has 0 aliphatic carbocycles. The van der Waals surface area contributed by atoms with E-state index in [0.717, 1.165) is 88.9 Å². The minimum Gasteiger partial charge on any atom is -0.455 e. The third-order valence-corrected chi connectivity index (χ3v) is 11.8. The molecular weight excluding hydrogens is 695 g/mol. The highest BCUT2D eigenvalue weighted by molar-refractivity contribution is 6.17. The van der Waals surface area contributed by atoms with E-state index in [1.165, 1.54) is 0 Å². The van der Waals surface area contributed by atoms with Crippen LogP contribution in [0.5, 0.6) is 0 Å². The molecule has 0 saturated heterocycles. The van der Waals surface area contributed by atoms with Gasteiger partial charge in [-0.05, 0) is 102 Å². The van der Waals surface area contributed by atoms with Gasteiger partial charge in [0.05, 0.1) is 33.6 Å². The van der Waals surface area contributed by atoms with Crippen LogP contribution in [0.3, 0.4) is 0 Å². The van der Waals surface area contributed by atoms with Crippen LogP contribution >= 0.6 is 0 Å². The van der Waals surface area contributed by atoms with E-state index in [4.69, 9.17) is 19.4 Å². The number of pyridine rings is 3. The Hall–Kier alpha value is -7.17. The summed E-state index contributed by atoms with van der Waals surface area (Å²) < 4.78 is 7.02. The van der Waals surface area contributed by atoms with Crippen molar-refractivity contribution in [3.8, 4) is 22.4 Å². The van der Waals surface area contributed by atoms with Gasteiger partial charge in [0.25, 0.3) is 0 Å². The molecule has 272 valence electrons. The fourth-order valence-corrected chi connectivity index (χ4v) is 8.55. The fourth-order valence-electron chi connectivity index (χ4n) is 8.55. The summed E-state index contributed by atoms with van der Waals surface area (Å²) in [5, 5.41) is 4.32. The lowest BCUT2D eigenvalue weighted by molar-refractivity contribution is 0.641. The van der Waals surface area contributed by atoms with Crippen LogP contribution in [0.4, 0.5) is 0 Å². The normalized spacial score (nSPS) is 13.7. The molecule has 4 heterocycles. The zero-order valence-corrected chi connectivity index (χ0v) is 31.8. The average molecular weight is 734 g/mol. The number of fused-ring (bicyclic) bond motifs is 5. The van der Waals surface area contributed by atoms with Crippen LogP contribution in [0.25, 0.3) is 55.1 Å². The second-order valence-corrected chi connectivity index (χ2v) is 15.1. The Morgan fingerprint density at radius 3 is 1.82 bits per heavy atom. The molecule has 2 unspecified atom stereocenters. The molecule has 0 aliphatic rings. The van der Waals surface area contributed by atoms with Crippen molar-refractivity contribution >= 4 is 32.7 Å². The zero-order valence-electron chi connectivity index (χ0n) is 31.8. The van der Waals surface area contributed by atoms with E-state index < -0.39 is 10.8 Å². The molecule has 4 nitrogen and oxygen atoms in total. The van der Waals surface area contributed by atoms with E-state index >= 15 is 0 Å². The molecule has 10 aromatic rings. The molecule has 0 radical (unpaired) electrons. The van der Waals surface area contributed by atoms with Crippen molar-refractivity contribution in [1.29, 1.82) is 0 Å². The SMILES string of the molecule is CC(c1ccccc1)(c1cc(-c2cccc(C(C)(c3ccccc3)c3cc(-c4ccccc4)ccn3)n2)c2oc3c4ccccc4ccc3c2c1)c1ccccn1. The molecule has 0 fully saturated rings. The maximum atomic E-state index is 7.02. The molecule has 4 heteroatoms. The third kappa shape index (κ3) is 5.72. The first-order valence-electron chi connectivity index (χ1n) is 19.4. The van der Waals surface area contributed by atoms with Gasteiger partial charge in [0, 0.05) is 34.1 Å². The number of hydrogen-bond acceptors (Lipinski definition) is 4. The third-order valence-electron chi connectivity index (χ3n) is 11.8. The number of rotatable bonds is 8. The van der Waals surface area contributed by atoms with E-state index in [9.17, 15) is 0 Å². The molecule has 6 aromatic carbocycles. The lowest BCUT2D eigenvalue weighted by atomic mass is 9.72. The Balaban J connectivity index is 1.25. The molecule has 0 bridgehead atoms. The van der Waals surface area contributed by atoms with Crippen molar-refractivity contribution < 1.29 is 4.42 Å². The van der Waals surface area contributed by atoms with Gasteiger partial charge >= 0.3 is 0 Å². The first-order chi connectivity index (χ1) is 28.0. The van der Waals surface area contributed by atoms with Crippen LogP contribution in [-0.2, 0) is 10.8 Å². The Morgan fingerprint density at radius 2 is 1.07 bits per heavy atom. The van der Waals surface area contributed by atoms with E-state index in [-0.39, 0.29) is 0 Å². The summed E-state index contributed by atoms with van der Waals surface area (Å²) in [6.45, 7) is 4.51. The molecule has 4 aromatic heterocycles. The summed E-state index contributed by atoms with van der Waals surface area (Å²) in [7, 11) is 0. The minimum absolute atomic E-state index is 0.593. The van der Waals surface area contributed by atoms with Crippen LogP contribution in [0, 0.1) is 0 Å². The van der Waals surface area contributed by atoms with Gasteiger partial charge in [-0.25, -0.2) is 0 Å². The van der Waals surface area contributed by atoms with Crippen molar-refractivity contribution in [2.45, 2.75) is 24.7 Å². The quantitative estimate of drug-likeness (QED) is 0.156. The van der Waals surface area contributed by atoms with E-state index in [1.807, 2.05) is 24.5 Å². The number of nitrogens with zero attached hydrogens (tertiary/aromatic N) is 3. The second-order valence-electron chi connectivity index (χ2n) is 15.1. The Morgan fingerprint density at radius 1 is 0.404 bits per heavy atom. The summed E-state index contributed by atoms with van der Waals surface area (Å²) in [5.74, 6) is 0. The number of benzene rings is 6. The Labute approximate surface area is 332 Å². The van der Waals surface area contributed by atoms with Gasteiger partial charge in [-0.2, -0.15) is 0 Å². The van der Waals surface area contributed by atoms with Gasteiger partial charge in [0.2, 0.25) is 0 Å². The maximum absolute atomic E-state index is 7.02.